The molecule has 0 saturated carbocycles. The van der Waals surface area contributed by atoms with Crippen molar-refractivity contribution >= 4 is 27.5 Å². The number of rotatable bonds is 5. The van der Waals surface area contributed by atoms with Crippen LogP contribution in [0.15, 0.2) is 63.6 Å². The van der Waals surface area contributed by atoms with Gasteiger partial charge < -0.3 is 9.73 Å². The second kappa shape index (κ2) is 7.44. The van der Waals surface area contributed by atoms with E-state index in [4.69, 9.17) is 4.42 Å². The first-order chi connectivity index (χ1) is 13.5. The zero-order valence-electron chi connectivity index (χ0n) is 15.5. The number of aromatic nitrogens is 2. The number of furan rings is 1. The summed E-state index contributed by atoms with van der Waals surface area (Å²) in [4.78, 5) is 30.5. The Hall–Kier alpha value is -3.19. The number of fused-ring (bicyclic) bond motifs is 1. The number of carbonyl (C=O) groups is 1. The fraction of sp³-hybridized carbons (Fsp3) is 0.190. The normalized spacial score (nSPS) is 12.2. The molecule has 1 amide bonds. The average molecular weight is 393 g/mol. The van der Waals surface area contributed by atoms with E-state index in [1.807, 2.05) is 43.5 Å². The van der Waals surface area contributed by atoms with Crippen LogP contribution in [0.4, 0.5) is 0 Å². The second-order valence-electron chi connectivity index (χ2n) is 6.68. The minimum absolute atomic E-state index is 0.101. The van der Waals surface area contributed by atoms with Crippen LogP contribution < -0.4 is 10.9 Å². The Balaban J connectivity index is 1.62. The van der Waals surface area contributed by atoms with Gasteiger partial charge in [-0.3, -0.25) is 14.2 Å². The number of amides is 1. The molecular weight excluding hydrogens is 374 g/mol. The molecule has 142 valence electrons. The highest BCUT2D eigenvalue weighted by atomic mass is 32.1. The van der Waals surface area contributed by atoms with Crippen molar-refractivity contribution in [3.05, 3.63) is 76.0 Å². The van der Waals surface area contributed by atoms with Crippen LogP contribution in [0.2, 0.25) is 0 Å². The molecule has 0 fully saturated rings. The molecule has 0 aliphatic heterocycles. The highest BCUT2D eigenvalue weighted by Crippen LogP contribution is 2.30. The van der Waals surface area contributed by atoms with Crippen LogP contribution in [0.3, 0.4) is 0 Å². The van der Waals surface area contributed by atoms with Gasteiger partial charge in [-0.2, -0.15) is 0 Å². The molecule has 7 heteroatoms. The van der Waals surface area contributed by atoms with E-state index >= 15 is 0 Å². The van der Waals surface area contributed by atoms with Gasteiger partial charge in [0.1, 0.15) is 17.1 Å². The molecule has 3 heterocycles. The van der Waals surface area contributed by atoms with Crippen LogP contribution >= 0.6 is 11.3 Å². The predicted molar refractivity (Wildman–Crippen MR) is 109 cm³/mol. The summed E-state index contributed by atoms with van der Waals surface area (Å²) in [5.74, 6) is 0.382. The maximum atomic E-state index is 13.0. The van der Waals surface area contributed by atoms with Gasteiger partial charge in [-0.25, -0.2) is 4.98 Å². The molecule has 0 saturated heterocycles. The molecule has 0 unspecified atom stereocenters. The van der Waals surface area contributed by atoms with Gasteiger partial charge in [-0.05, 0) is 31.5 Å². The van der Waals surface area contributed by atoms with Gasteiger partial charge in [0.05, 0.1) is 24.0 Å². The summed E-state index contributed by atoms with van der Waals surface area (Å²) >= 11 is 1.43. The van der Waals surface area contributed by atoms with E-state index < -0.39 is 0 Å². The Bertz CT molecular complexity index is 1170. The van der Waals surface area contributed by atoms with E-state index in [0.29, 0.717) is 16.0 Å². The van der Waals surface area contributed by atoms with Gasteiger partial charge in [0, 0.05) is 10.9 Å². The highest BCUT2D eigenvalue weighted by Gasteiger charge is 2.16. The van der Waals surface area contributed by atoms with Gasteiger partial charge >= 0.3 is 0 Å². The number of benzene rings is 1. The van der Waals surface area contributed by atoms with Crippen molar-refractivity contribution in [1.29, 1.82) is 0 Å². The second-order valence-corrected chi connectivity index (χ2v) is 7.54. The summed E-state index contributed by atoms with van der Waals surface area (Å²) in [6, 6.07) is 11.3. The van der Waals surface area contributed by atoms with Crippen LogP contribution in [0.25, 0.3) is 21.3 Å². The highest BCUT2D eigenvalue weighted by molar-refractivity contribution is 7.17. The van der Waals surface area contributed by atoms with Gasteiger partial charge in [-0.1, -0.05) is 29.8 Å². The molecule has 0 radical (unpaired) electrons. The third-order valence-corrected chi connectivity index (χ3v) is 5.47. The molecule has 0 aliphatic carbocycles. The van der Waals surface area contributed by atoms with Crippen molar-refractivity contribution in [2.75, 3.05) is 0 Å². The average Bonchev–Trinajstić information content (AvgIpc) is 3.35. The van der Waals surface area contributed by atoms with Crippen molar-refractivity contribution in [1.82, 2.24) is 14.9 Å². The number of hydrogen-bond donors (Lipinski definition) is 1. The van der Waals surface area contributed by atoms with Crippen molar-refractivity contribution < 1.29 is 9.21 Å². The molecule has 28 heavy (non-hydrogen) atoms. The zero-order valence-corrected chi connectivity index (χ0v) is 16.3. The fourth-order valence-corrected chi connectivity index (χ4v) is 3.98. The summed E-state index contributed by atoms with van der Waals surface area (Å²) in [5, 5.41) is 5.32. The number of thiophene rings is 1. The van der Waals surface area contributed by atoms with E-state index in [9.17, 15) is 9.59 Å². The summed E-state index contributed by atoms with van der Waals surface area (Å²) in [7, 11) is 0. The first-order valence-corrected chi connectivity index (χ1v) is 9.77. The van der Waals surface area contributed by atoms with E-state index in [-0.39, 0.29) is 24.1 Å². The minimum Gasteiger partial charge on any atom is -0.467 e. The van der Waals surface area contributed by atoms with Crippen LogP contribution in [-0.2, 0) is 11.3 Å². The lowest BCUT2D eigenvalue weighted by Crippen LogP contribution is -2.33. The summed E-state index contributed by atoms with van der Waals surface area (Å²) in [6.07, 6.45) is 2.99. The maximum absolute atomic E-state index is 13.0. The lowest BCUT2D eigenvalue weighted by atomic mass is 10.1. The summed E-state index contributed by atoms with van der Waals surface area (Å²) in [5.41, 5.74) is 2.74. The molecule has 1 atom stereocenters. The van der Waals surface area contributed by atoms with Crippen molar-refractivity contribution in [2.24, 2.45) is 0 Å². The largest absolute Gasteiger partial charge is 0.467 e. The molecule has 4 aromatic rings. The third-order valence-electron chi connectivity index (χ3n) is 4.58. The number of carbonyl (C=O) groups excluding carboxylic acids is 1. The molecule has 0 aliphatic rings. The Morgan fingerprint density at radius 1 is 1.29 bits per heavy atom. The number of nitrogens with zero attached hydrogens (tertiary/aromatic N) is 2. The molecule has 0 bridgehead atoms. The molecule has 1 N–H and O–H groups in total. The zero-order chi connectivity index (χ0) is 19.7. The van der Waals surface area contributed by atoms with Crippen molar-refractivity contribution in [3.63, 3.8) is 0 Å². The van der Waals surface area contributed by atoms with E-state index in [0.717, 1.165) is 16.7 Å². The quantitative estimate of drug-likeness (QED) is 0.558. The number of nitrogens with one attached hydrogen (secondary N) is 1. The van der Waals surface area contributed by atoms with Crippen LogP contribution in [0.5, 0.6) is 0 Å². The lowest BCUT2D eigenvalue weighted by Gasteiger charge is -2.12. The smallest absolute Gasteiger partial charge is 0.263 e. The Kier molecular flexibility index (Phi) is 4.83. The van der Waals surface area contributed by atoms with Crippen molar-refractivity contribution in [3.8, 4) is 11.1 Å². The molecule has 6 nitrogen and oxygen atoms in total. The monoisotopic (exact) mass is 393 g/mol. The van der Waals surface area contributed by atoms with E-state index in [1.165, 1.54) is 22.2 Å². The molecule has 3 aromatic heterocycles. The Morgan fingerprint density at radius 3 is 2.79 bits per heavy atom. The third kappa shape index (κ3) is 3.48. The fourth-order valence-electron chi connectivity index (χ4n) is 3.08. The van der Waals surface area contributed by atoms with Gasteiger partial charge in [0.2, 0.25) is 5.91 Å². The van der Waals surface area contributed by atoms with E-state index in [1.54, 1.807) is 18.4 Å². The molecule has 0 spiro atoms. The number of hydrogen-bond acceptors (Lipinski definition) is 5. The predicted octanol–water partition coefficient (Wildman–Crippen LogP) is 3.90. The van der Waals surface area contributed by atoms with Crippen LogP contribution in [-0.4, -0.2) is 15.5 Å². The van der Waals surface area contributed by atoms with E-state index in [2.05, 4.69) is 10.3 Å². The molecule has 4 rings (SSSR count). The summed E-state index contributed by atoms with van der Waals surface area (Å²) < 4.78 is 6.64. The van der Waals surface area contributed by atoms with Crippen molar-refractivity contribution in [2.45, 2.75) is 26.4 Å². The Morgan fingerprint density at radius 2 is 2.07 bits per heavy atom. The molecule has 1 aromatic carbocycles. The standard InChI is InChI=1S/C21H19N3O3S/c1-13-5-7-15(8-6-13)16-11-28-20-19(16)21(26)24(12-22-20)10-18(25)23-14(2)17-4-3-9-27-17/h3-9,11-12,14H,10H2,1-2H3,(H,23,25)/t14-/m1/s1. The van der Waals surface area contributed by atoms with Crippen LogP contribution in [0, 0.1) is 6.92 Å². The van der Waals surface area contributed by atoms with Crippen LogP contribution in [0.1, 0.15) is 24.3 Å². The first kappa shape index (κ1) is 18.2. The van der Waals surface area contributed by atoms with Gasteiger partial charge in [0.25, 0.3) is 5.56 Å². The summed E-state index contributed by atoms with van der Waals surface area (Å²) in [6.45, 7) is 3.75. The van der Waals surface area contributed by atoms with Gasteiger partial charge in [-0.15, -0.1) is 11.3 Å². The topological polar surface area (TPSA) is 77.1 Å². The Labute approximate surface area is 165 Å². The van der Waals surface area contributed by atoms with Gasteiger partial charge in [0.15, 0.2) is 0 Å². The first-order valence-electron chi connectivity index (χ1n) is 8.89. The maximum Gasteiger partial charge on any atom is 0.263 e. The number of aryl methyl sites for hydroxylation is 1. The SMILES string of the molecule is Cc1ccc(-c2csc3ncn(CC(=O)N[C@H](C)c4ccco4)c(=O)c23)cc1. The minimum atomic E-state index is -0.279. The lowest BCUT2D eigenvalue weighted by molar-refractivity contribution is -0.122. The molecular formula is C21H19N3O3S.